The van der Waals surface area contributed by atoms with Crippen LogP contribution in [0.1, 0.15) is 26.0 Å². The van der Waals surface area contributed by atoms with Gasteiger partial charge < -0.3 is 19.6 Å². The quantitative estimate of drug-likeness (QED) is 0.266. The standard InChI is InChI=1S/C10H14N4O4.C2H4O2/c1-2-5-11-7-9(15)13-12-6-8-3-4-10(18-8)14(16)17;1-2(3)4/h3-4,6,11H,2,5,7H2,1H3,(H,13,15);1H3,(H,3,4)/b12-6+;. The van der Waals surface area contributed by atoms with E-state index in [1.807, 2.05) is 12.2 Å². The van der Waals surface area contributed by atoms with Crippen molar-refractivity contribution in [1.82, 2.24) is 5.43 Å². The molecule has 0 saturated carbocycles. The van der Waals surface area contributed by atoms with Crippen LogP contribution >= 0.6 is 0 Å². The number of hydrogen-bond acceptors (Lipinski definition) is 7. The fourth-order valence-electron chi connectivity index (χ4n) is 1.16. The monoisotopic (exact) mass is 314 g/mol. The number of amides is 1. The van der Waals surface area contributed by atoms with E-state index in [9.17, 15) is 14.9 Å². The molecule has 0 aromatic carbocycles. The minimum absolute atomic E-state index is 0.208. The van der Waals surface area contributed by atoms with Crippen LogP contribution in [-0.4, -0.2) is 36.1 Å². The van der Waals surface area contributed by atoms with Crippen LogP contribution in [0, 0.1) is 10.1 Å². The Hall–Kier alpha value is -2.75. The molecule has 3 N–H and O–H groups in total. The van der Waals surface area contributed by atoms with Crippen molar-refractivity contribution >= 4 is 24.0 Å². The van der Waals surface area contributed by atoms with Crippen LogP contribution in [0.25, 0.3) is 0 Å². The van der Waals surface area contributed by atoms with Gasteiger partial charge in [0.05, 0.1) is 18.8 Å². The Morgan fingerprint density at radius 3 is 2.64 bits per heavy atom. The Morgan fingerprint density at radius 1 is 1.50 bits per heavy atom. The van der Waals surface area contributed by atoms with E-state index in [1.165, 1.54) is 18.3 Å². The number of nitrogens with zero attached hydrogens (tertiary/aromatic N) is 2. The van der Waals surface area contributed by atoms with Crippen molar-refractivity contribution in [3.8, 4) is 0 Å². The van der Waals surface area contributed by atoms with Gasteiger partial charge in [-0.2, -0.15) is 5.10 Å². The van der Waals surface area contributed by atoms with Gasteiger partial charge in [-0.25, -0.2) is 5.43 Å². The first-order valence-corrected chi connectivity index (χ1v) is 6.42. The van der Waals surface area contributed by atoms with Crippen molar-refractivity contribution in [3.63, 3.8) is 0 Å². The topological polar surface area (TPSA) is 154 Å². The molecule has 1 heterocycles. The lowest BCUT2D eigenvalue weighted by molar-refractivity contribution is -0.643. The van der Waals surface area contributed by atoms with Gasteiger partial charge in [0.1, 0.15) is 4.92 Å². The summed E-state index contributed by atoms with van der Waals surface area (Å²) in [6.45, 7) is 4.17. The maximum absolute atomic E-state index is 11.2. The van der Waals surface area contributed by atoms with E-state index >= 15 is 0 Å². The maximum atomic E-state index is 11.2. The molecule has 1 rings (SSSR count). The molecule has 0 unspecified atom stereocenters. The number of hydrogen-bond donors (Lipinski definition) is 2. The van der Waals surface area contributed by atoms with Crippen molar-refractivity contribution in [3.05, 3.63) is 28.0 Å². The number of nitrogens with two attached hydrogens (primary N) is 1. The Kier molecular flexibility index (Phi) is 9.60. The zero-order chi connectivity index (χ0) is 17.0. The Morgan fingerprint density at radius 2 is 2.14 bits per heavy atom. The predicted octanol–water partition coefficient (Wildman–Crippen LogP) is -1.63. The summed E-state index contributed by atoms with van der Waals surface area (Å²) in [5.41, 5.74) is 2.30. The highest BCUT2D eigenvalue weighted by molar-refractivity contribution is 5.80. The number of aliphatic carboxylic acids is 1. The molecule has 0 bridgehead atoms. The predicted molar refractivity (Wildman–Crippen MR) is 73.7 cm³/mol. The third kappa shape index (κ3) is 10.1. The van der Waals surface area contributed by atoms with Gasteiger partial charge in [0.2, 0.25) is 0 Å². The summed E-state index contributed by atoms with van der Waals surface area (Å²) in [5.74, 6) is -1.47. The van der Waals surface area contributed by atoms with Gasteiger partial charge in [0.25, 0.3) is 5.91 Å². The molecule has 0 aliphatic rings. The molecule has 122 valence electrons. The summed E-state index contributed by atoms with van der Waals surface area (Å²) >= 11 is 0. The van der Waals surface area contributed by atoms with Gasteiger partial charge in [0.15, 0.2) is 12.3 Å². The second-order valence-electron chi connectivity index (χ2n) is 4.00. The lowest BCUT2D eigenvalue weighted by Gasteiger charge is -1.97. The zero-order valence-electron chi connectivity index (χ0n) is 12.3. The van der Waals surface area contributed by atoms with Crippen LogP contribution in [-0.2, 0) is 9.59 Å². The third-order valence-electron chi connectivity index (χ3n) is 2.00. The van der Waals surface area contributed by atoms with E-state index in [-0.39, 0.29) is 17.6 Å². The molecule has 0 aliphatic heterocycles. The van der Waals surface area contributed by atoms with Crippen LogP contribution in [0.2, 0.25) is 0 Å². The number of carboxylic acid groups (broad SMARTS) is 1. The molecule has 0 aliphatic carbocycles. The molecule has 10 heteroatoms. The number of furan rings is 1. The largest absolute Gasteiger partial charge is 0.550 e. The molecule has 0 fully saturated rings. The highest BCUT2D eigenvalue weighted by atomic mass is 16.6. The highest BCUT2D eigenvalue weighted by Gasteiger charge is 2.10. The van der Waals surface area contributed by atoms with Gasteiger partial charge in [-0.3, -0.25) is 14.9 Å². The van der Waals surface area contributed by atoms with Crippen molar-refractivity contribution in [2.24, 2.45) is 5.10 Å². The molecule has 22 heavy (non-hydrogen) atoms. The third-order valence-corrected chi connectivity index (χ3v) is 2.00. The van der Waals surface area contributed by atoms with Gasteiger partial charge in [-0.15, -0.1) is 0 Å². The maximum Gasteiger partial charge on any atom is 0.433 e. The average molecular weight is 314 g/mol. The SMILES string of the molecule is CC(=O)[O-].CCC[NH2+]CC(=O)N/N=C/c1ccc([N+](=O)[O-])o1. The molecule has 0 saturated heterocycles. The second kappa shape index (κ2) is 11.0. The minimum atomic E-state index is -1.08. The first-order valence-electron chi connectivity index (χ1n) is 6.42. The summed E-state index contributed by atoms with van der Waals surface area (Å²) < 4.78 is 4.82. The van der Waals surface area contributed by atoms with Gasteiger partial charge in [0, 0.05) is 5.97 Å². The van der Waals surface area contributed by atoms with Gasteiger partial charge in [-0.05, 0) is 19.4 Å². The van der Waals surface area contributed by atoms with Crippen LogP contribution < -0.4 is 15.8 Å². The molecular formula is C12H18N4O6. The minimum Gasteiger partial charge on any atom is -0.550 e. The number of carbonyl (C=O) groups excluding carboxylic acids is 2. The molecule has 0 spiro atoms. The first kappa shape index (κ1) is 19.2. The molecule has 10 nitrogen and oxygen atoms in total. The number of carboxylic acids is 1. The summed E-state index contributed by atoms with van der Waals surface area (Å²) in [5, 5.41) is 24.7. The number of hydrazone groups is 1. The molecule has 1 amide bonds. The lowest BCUT2D eigenvalue weighted by atomic mass is 10.5. The zero-order valence-corrected chi connectivity index (χ0v) is 12.3. The fraction of sp³-hybridized carbons (Fsp3) is 0.417. The first-order chi connectivity index (χ1) is 10.4. The van der Waals surface area contributed by atoms with Crippen LogP contribution in [0.15, 0.2) is 21.7 Å². The molecule has 1 aromatic heterocycles. The van der Waals surface area contributed by atoms with E-state index in [0.717, 1.165) is 19.9 Å². The smallest absolute Gasteiger partial charge is 0.433 e. The number of nitro groups is 1. The summed E-state index contributed by atoms with van der Waals surface area (Å²) in [7, 11) is 0. The molecular weight excluding hydrogens is 296 g/mol. The summed E-state index contributed by atoms with van der Waals surface area (Å²) in [6.07, 6.45) is 2.21. The number of nitrogens with one attached hydrogen (secondary N) is 1. The van der Waals surface area contributed by atoms with E-state index < -0.39 is 10.9 Å². The van der Waals surface area contributed by atoms with E-state index in [4.69, 9.17) is 14.3 Å². The van der Waals surface area contributed by atoms with E-state index in [0.29, 0.717) is 6.54 Å². The van der Waals surface area contributed by atoms with Crippen molar-refractivity contribution in [1.29, 1.82) is 0 Å². The molecule has 1 aromatic rings. The van der Waals surface area contributed by atoms with Crippen molar-refractivity contribution in [2.75, 3.05) is 13.1 Å². The fourth-order valence-corrected chi connectivity index (χ4v) is 1.16. The van der Waals surface area contributed by atoms with Gasteiger partial charge in [-0.1, -0.05) is 6.92 Å². The Balaban J connectivity index is 0.000000980. The van der Waals surface area contributed by atoms with Crippen LogP contribution in [0.5, 0.6) is 0 Å². The molecule has 0 radical (unpaired) electrons. The number of rotatable bonds is 7. The molecule has 0 atom stereocenters. The number of carbonyl (C=O) groups is 2. The van der Waals surface area contributed by atoms with E-state index in [1.54, 1.807) is 0 Å². The Labute approximate surface area is 126 Å². The van der Waals surface area contributed by atoms with E-state index in [2.05, 4.69) is 10.5 Å². The lowest BCUT2D eigenvalue weighted by Crippen LogP contribution is -2.86. The summed E-state index contributed by atoms with van der Waals surface area (Å²) in [6, 6.07) is 2.62. The average Bonchev–Trinajstić information content (AvgIpc) is 2.87. The van der Waals surface area contributed by atoms with Crippen molar-refractivity contribution < 1.29 is 29.4 Å². The highest BCUT2D eigenvalue weighted by Crippen LogP contribution is 2.13. The normalized spacial score (nSPS) is 9.91. The van der Waals surface area contributed by atoms with Crippen LogP contribution in [0.3, 0.4) is 0 Å². The summed E-state index contributed by atoms with van der Waals surface area (Å²) in [4.78, 5) is 29.8. The van der Waals surface area contributed by atoms with Gasteiger partial charge >= 0.3 is 5.88 Å². The van der Waals surface area contributed by atoms with Crippen molar-refractivity contribution in [2.45, 2.75) is 20.3 Å². The second-order valence-corrected chi connectivity index (χ2v) is 4.00. The Bertz CT molecular complexity index is 521. The number of quaternary nitrogens is 1. The van der Waals surface area contributed by atoms with Crippen LogP contribution in [0.4, 0.5) is 5.88 Å².